The van der Waals surface area contributed by atoms with E-state index in [0.717, 1.165) is 60.4 Å². The predicted octanol–water partition coefficient (Wildman–Crippen LogP) is 2.85. The van der Waals surface area contributed by atoms with Crippen LogP contribution in [-0.4, -0.2) is 29.9 Å². The fraction of sp³-hybridized carbons (Fsp3) is 0.526. The third kappa shape index (κ3) is 3.67. The SMILES string of the molecule is O=C(NNC(=O)[C@H]1CCCN(c2nc3ccccc3s2)C1)C1CCCC1. The van der Waals surface area contributed by atoms with Crippen LogP contribution in [0.1, 0.15) is 38.5 Å². The highest BCUT2D eigenvalue weighted by molar-refractivity contribution is 7.22. The van der Waals surface area contributed by atoms with Gasteiger partial charge in [0, 0.05) is 19.0 Å². The van der Waals surface area contributed by atoms with E-state index >= 15 is 0 Å². The average molecular weight is 372 g/mol. The molecule has 1 saturated carbocycles. The van der Waals surface area contributed by atoms with E-state index in [4.69, 9.17) is 4.98 Å². The molecule has 1 saturated heterocycles. The summed E-state index contributed by atoms with van der Waals surface area (Å²) >= 11 is 1.67. The summed E-state index contributed by atoms with van der Waals surface area (Å²) in [5.41, 5.74) is 6.28. The number of thiazole rings is 1. The average Bonchev–Trinajstić information content (AvgIpc) is 3.35. The summed E-state index contributed by atoms with van der Waals surface area (Å²) in [5, 5.41) is 0.971. The van der Waals surface area contributed by atoms with Crippen LogP contribution < -0.4 is 15.8 Å². The number of amides is 2. The number of para-hydroxylation sites is 1. The molecule has 1 aromatic heterocycles. The third-order valence-corrected chi connectivity index (χ3v) is 6.48. The normalized spacial score (nSPS) is 21.1. The highest BCUT2D eigenvalue weighted by Crippen LogP contribution is 2.31. The van der Waals surface area contributed by atoms with Gasteiger partial charge in [-0.25, -0.2) is 4.98 Å². The van der Waals surface area contributed by atoms with E-state index in [9.17, 15) is 9.59 Å². The lowest BCUT2D eigenvalue weighted by Crippen LogP contribution is -2.50. The Hall–Kier alpha value is -2.15. The van der Waals surface area contributed by atoms with Gasteiger partial charge < -0.3 is 4.90 Å². The Kier molecular flexibility index (Phi) is 5.06. The van der Waals surface area contributed by atoms with Crippen LogP contribution in [0.4, 0.5) is 5.13 Å². The summed E-state index contributed by atoms with van der Waals surface area (Å²) in [6.45, 7) is 1.56. The zero-order valence-corrected chi connectivity index (χ0v) is 15.6. The molecule has 138 valence electrons. The summed E-state index contributed by atoms with van der Waals surface area (Å²) < 4.78 is 1.16. The number of rotatable bonds is 3. The van der Waals surface area contributed by atoms with Crippen molar-refractivity contribution in [2.75, 3.05) is 18.0 Å². The highest BCUT2D eigenvalue weighted by atomic mass is 32.1. The summed E-state index contributed by atoms with van der Waals surface area (Å²) in [7, 11) is 0. The molecule has 2 heterocycles. The van der Waals surface area contributed by atoms with Crippen molar-refractivity contribution in [2.24, 2.45) is 11.8 Å². The van der Waals surface area contributed by atoms with Crippen LogP contribution in [0.15, 0.2) is 24.3 Å². The number of aromatic nitrogens is 1. The minimum atomic E-state index is -0.125. The molecule has 2 aromatic rings. The number of carbonyl (C=O) groups is 2. The molecule has 1 aliphatic heterocycles. The maximum atomic E-state index is 12.5. The number of fused-ring (bicyclic) bond motifs is 1. The maximum Gasteiger partial charge on any atom is 0.243 e. The van der Waals surface area contributed by atoms with Crippen molar-refractivity contribution >= 4 is 38.5 Å². The number of anilines is 1. The van der Waals surface area contributed by atoms with Crippen LogP contribution in [-0.2, 0) is 9.59 Å². The van der Waals surface area contributed by atoms with E-state index < -0.39 is 0 Å². The standard InChI is InChI=1S/C19H24N4O2S/c24-17(13-6-1-2-7-13)21-22-18(25)14-8-5-11-23(12-14)19-20-15-9-3-4-10-16(15)26-19/h3-4,9-10,13-14H,1-2,5-8,11-12H2,(H,21,24)(H,22,25)/t14-/m0/s1. The molecule has 7 heteroatoms. The summed E-state index contributed by atoms with van der Waals surface area (Å²) in [6, 6.07) is 8.10. The molecule has 0 spiro atoms. The minimum absolute atomic E-state index is 0.0466. The Morgan fingerprint density at radius 2 is 1.69 bits per heavy atom. The van der Waals surface area contributed by atoms with Crippen molar-refractivity contribution in [3.63, 3.8) is 0 Å². The molecule has 1 aromatic carbocycles. The lowest BCUT2D eigenvalue weighted by atomic mass is 9.98. The quantitative estimate of drug-likeness (QED) is 0.813. The van der Waals surface area contributed by atoms with Gasteiger partial charge in [0.25, 0.3) is 0 Å². The first kappa shape index (κ1) is 17.3. The van der Waals surface area contributed by atoms with Crippen LogP contribution in [0.3, 0.4) is 0 Å². The zero-order valence-electron chi connectivity index (χ0n) is 14.7. The second kappa shape index (κ2) is 7.61. The number of nitrogens with zero attached hydrogens (tertiary/aromatic N) is 2. The first-order valence-electron chi connectivity index (χ1n) is 9.41. The smallest absolute Gasteiger partial charge is 0.243 e. The molecule has 0 bridgehead atoms. The molecule has 1 aliphatic carbocycles. The van der Waals surface area contributed by atoms with Crippen LogP contribution in [0.2, 0.25) is 0 Å². The van der Waals surface area contributed by atoms with Crippen molar-refractivity contribution in [3.05, 3.63) is 24.3 Å². The van der Waals surface area contributed by atoms with Gasteiger partial charge in [-0.1, -0.05) is 36.3 Å². The number of hydrogen-bond donors (Lipinski definition) is 2. The van der Waals surface area contributed by atoms with Gasteiger partial charge in [0.1, 0.15) is 0 Å². The van der Waals surface area contributed by atoms with Crippen molar-refractivity contribution in [1.29, 1.82) is 0 Å². The van der Waals surface area contributed by atoms with Gasteiger partial charge >= 0.3 is 0 Å². The first-order valence-corrected chi connectivity index (χ1v) is 10.2. The monoisotopic (exact) mass is 372 g/mol. The minimum Gasteiger partial charge on any atom is -0.347 e. The number of carbonyl (C=O) groups excluding carboxylic acids is 2. The van der Waals surface area contributed by atoms with Gasteiger partial charge in [-0.15, -0.1) is 0 Å². The molecule has 0 unspecified atom stereocenters. The molecule has 26 heavy (non-hydrogen) atoms. The maximum absolute atomic E-state index is 12.5. The second-order valence-electron chi connectivity index (χ2n) is 7.21. The van der Waals surface area contributed by atoms with Crippen molar-refractivity contribution in [1.82, 2.24) is 15.8 Å². The Morgan fingerprint density at radius 1 is 1.00 bits per heavy atom. The van der Waals surface area contributed by atoms with Crippen molar-refractivity contribution in [3.8, 4) is 0 Å². The van der Waals surface area contributed by atoms with Gasteiger partial charge in [0.05, 0.1) is 16.1 Å². The van der Waals surface area contributed by atoms with Gasteiger partial charge in [-0.05, 0) is 37.8 Å². The molecule has 2 fully saturated rings. The van der Waals surface area contributed by atoms with Gasteiger partial charge in [0.15, 0.2) is 5.13 Å². The summed E-state index contributed by atoms with van der Waals surface area (Å²) in [5.74, 6) is -0.211. The molecule has 2 aliphatic rings. The van der Waals surface area contributed by atoms with E-state index in [0.29, 0.717) is 6.54 Å². The summed E-state index contributed by atoms with van der Waals surface area (Å²) in [4.78, 5) is 31.5. The Morgan fingerprint density at radius 3 is 2.46 bits per heavy atom. The zero-order chi connectivity index (χ0) is 17.9. The Balaban J connectivity index is 1.35. The van der Waals surface area contributed by atoms with Crippen molar-refractivity contribution < 1.29 is 9.59 Å². The number of piperidine rings is 1. The molecular formula is C19H24N4O2S. The molecule has 1 atom stereocenters. The molecule has 6 nitrogen and oxygen atoms in total. The number of hydrazine groups is 1. The van der Waals surface area contributed by atoms with Crippen LogP contribution in [0.5, 0.6) is 0 Å². The van der Waals surface area contributed by atoms with Crippen molar-refractivity contribution in [2.45, 2.75) is 38.5 Å². The Labute approximate surface area is 156 Å². The first-order chi connectivity index (χ1) is 12.7. The number of benzene rings is 1. The third-order valence-electron chi connectivity index (χ3n) is 5.38. The second-order valence-corrected chi connectivity index (χ2v) is 8.22. The number of nitrogens with one attached hydrogen (secondary N) is 2. The topological polar surface area (TPSA) is 74.3 Å². The van der Waals surface area contributed by atoms with Gasteiger partial charge in [-0.2, -0.15) is 0 Å². The largest absolute Gasteiger partial charge is 0.347 e. The van der Waals surface area contributed by atoms with E-state index in [1.165, 1.54) is 0 Å². The lowest BCUT2D eigenvalue weighted by Gasteiger charge is -2.31. The molecule has 0 radical (unpaired) electrons. The van der Waals surface area contributed by atoms with E-state index in [2.05, 4.69) is 21.8 Å². The highest BCUT2D eigenvalue weighted by Gasteiger charge is 2.29. The lowest BCUT2D eigenvalue weighted by molar-refractivity contribution is -0.133. The number of hydrogen-bond acceptors (Lipinski definition) is 5. The molecule has 2 N–H and O–H groups in total. The summed E-state index contributed by atoms with van der Waals surface area (Å²) in [6.07, 6.45) is 5.85. The predicted molar refractivity (Wildman–Crippen MR) is 103 cm³/mol. The molecule has 2 amide bonds. The van der Waals surface area contributed by atoms with E-state index in [1.807, 2.05) is 18.2 Å². The van der Waals surface area contributed by atoms with E-state index in [-0.39, 0.29) is 23.7 Å². The fourth-order valence-corrected chi connectivity index (χ4v) is 4.88. The molecular weight excluding hydrogens is 348 g/mol. The van der Waals surface area contributed by atoms with Crippen LogP contribution in [0.25, 0.3) is 10.2 Å². The molecule has 4 rings (SSSR count). The Bertz CT molecular complexity index is 767. The fourth-order valence-electron chi connectivity index (χ4n) is 3.88. The van der Waals surface area contributed by atoms with Crippen LogP contribution in [0, 0.1) is 11.8 Å². The van der Waals surface area contributed by atoms with Crippen LogP contribution >= 0.6 is 11.3 Å². The van der Waals surface area contributed by atoms with Gasteiger partial charge in [0.2, 0.25) is 11.8 Å². The van der Waals surface area contributed by atoms with Gasteiger partial charge in [-0.3, -0.25) is 20.4 Å². The van der Waals surface area contributed by atoms with E-state index in [1.54, 1.807) is 11.3 Å².